The van der Waals surface area contributed by atoms with Crippen molar-refractivity contribution in [2.24, 2.45) is 5.92 Å². The Morgan fingerprint density at radius 3 is 2.67 bits per heavy atom. The summed E-state index contributed by atoms with van der Waals surface area (Å²) in [6.45, 7) is 2.10. The van der Waals surface area contributed by atoms with E-state index in [-0.39, 0.29) is 17.6 Å². The monoisotopic (exact) mass is 348 g/mol. The molecule has 0 N–H and O–H groups in total. The molecule has 2 fully saturated rings. The van der Waals surface area contributed by atoms with Crippen molar-refractivity contribution in [2.45, 2.75) is 38.0 Å². The highest BCUT2D eigenvalue weighted by atomic mass is 32.2. The number of sulfonamides is 1. The summed E-state index contributed by atoms with van der Waals surface area (Å²) in [6.07, 6.45) is 4.51. The molecule has 2 aliphatic heterocycles. The van der Waals surface area contributed by atoms with Crippen molar-refractivity contribution in [3.8, 4) is 0 Å². The van der Waals surface area contributed by atoms with Gasteiger partial charge in [-0.3, -0.25) is 9.10 Å². The van der Waals surface area contributed by atoms with E-state index in [1.807, 2.05) is 29.2 Å². The average Bonchev–Trinajstić information content (AvgIpc) is 3.13. The van der Waals surface area contributed by atoms with Gasteiger partial charge in [0.2, 0.25) is 15.9 Å². The second kappa shape index (κ2) is 6.06. The van der Waals surface area contributed by atoms with Crippen molar-refractivity contribution in [1.82, 2.24) is 4.90 Å². The zero-order chi connectivity index (χ0) is 16.7. The van der Waals surface area contributed by atoms with E-state index in [4.69, 9.17) is 0 Å². The Morgan fingerprint density at radius 2 is 1.96 bits per heavy atom. The van der Waals surface area contributed by atoms with Crippen LogP contribution in [-0.2, 0) is 14.8 Å². The Morgan fingerprint density at radius 1 is 1.17 bits per heavy atom. The van der Waals surface area contributed by atoms with Crippen molar-refractivity contribution in [2.75, 3.05) is 29.7 Å². The van der Waals surface area contributed by atoms with Crippen molar-refractivity contribution < 1.29 is 13.2 Å². The molecule has 5 nitrogen and oxygen atoms in total. The molecule has 0 spiro atoms. The van der Waals surface area contributed by atoms with Crippen LogP contribution in [0.3, 0.4) is 0 Å². The molecule has 1 aromatic rings. The van der Waals surface area contributed by atoms with Crippen LogP contribution in [0.1, 0.15) is 43.6 Å². The standard InChI is InChI=1S/C18H24N2O3S/c21-18-6-3-10-19(18)11-9-15-12-20(17-5-2-1-4-16(15)17)24(22,23)13-14-7-8-14/h1-2,4-5,14-15H,3,6-13H2/t15-/m0/s1. The Kier molecular flexibility index (Phi) is 4.03. The van der Waals surface area contributed by atoms with E-state index in [0.29, 0.717) is 18.9 Å². The molecule has 2 heterocycles. The molecule has 0 radical (unpaired) electrons. The number of rotatable bonds is 6. The molecule has 4 rings (SSSR count). The molecule has 1 saturated heterocycles. The van der Waals surface area contributed by atoms with E-state index < -0.39 is 10.0 Å². The Bertz CT molecular complexity index is 742. The summed E-state index contributed by atoms with van der Waals surface area (Å²) < 4.78 is 27.2. The highest BCUT2D eigenvalue weighted by Crippen LogP contribution is 2.41. The maximum atomic E-state index is 12.8. The first-order chi connectivity index (χ1) is 11.5. The van der Waals surface area contributed by atoms with Gasteiger partial charge in [0.25, 0.3) is 0 Å². The molecule has 24 heavy (non-hydrogen) atoms. The fraction of sp³-hybridized carbons (Fsp3) is 0.611. The number of nitrogens with zero attached hydrogens (tertiary/aromatic N) is 2. The van der Waals surface area contributed by atoms with Crippen molar-refractivity contribution in [3.63, 3.8) is 0 Å². The predicted molar refractivity (Wildman–Crippen MR) is 93.5 cm³/mol. The molecule has 3 aliphatic rings. The Labute approximate surface area is 143 Å². The fourth-order valence-corrected chi connectivity index (χ4v) is 5.87. The number of carbonyl (C=O) groups is 1. The zero-order valence-electron chi connectivity index (χ0n) is 13.9. The van der Waals surface area contributed by atoms with E-state index in [2.05, 4.69) is 0 Å². The summed E-state index contributed by atoms with van der Waals surface area (Å²) in [5, 5.41) is 0. The molecule has 130 valence electrons. The lowest BCUT2D eigenvalue weighted by molar-refractivity contribution is -0.127. The van der Waals surface area contributed by atoms with Gasteiger partial charge in [-0.05, 0) is 43.2 Å². The number of carbonyl (C=O) groups excluding carboxylic acids is 1. The van der Waals surface area contributed by atoms with E-state index in [1.54, 1.807) is 4.31 Å². The fourth-order valence-electron chi connectivity index (χ4n) is 3.89. The number of amides is 1. The third-order valence-corrected chi connectivity index (χ3v) is 7.34. The normalized spacial score (nSPS) is 23.8. The lowest BCUT2D eigenvalue weighted by Gasteiger charge is -2.21. The van der Waals surface area contributed by atoms with Crippen LogP contribution >= 0.6 is 0 Å². The molecule has 1 saturated carbocycles. The first kappa shape index (κ1) is 15.9. The first-order valence-electron chi connectivity index (χ1n) is 8.92. The Hall–Kier alpha value is -1.56. The number of para-hydroxylation sites is 1. The SMILES string of the molecule is O=C1CCCN1CC[C@H]1CN(S(=O)(=O)CC2CC2)c2ccccc21. The summed E-state index contributed by atoms with van der Waals surface area (Å²) >= 11 is 0. The molecule has 6 heteroatoms. The predicted octanol–water partition coefficient (Wildman–Crippen LogP) is 2.34. The minimum Gasteiger partial charge on any atom is -0.343 e. The molecule has 1 amide bonds. The number of likely N-dealkylation sites (tertiary alicyclic amines) is 1. The minimum atomic E-state index is -3.24. The average molecular weight is 348 g/mol. The van der Waals surface area contributed by atoms with Gasteiger partial charge in [0.1, 0.15) is 0 Å². The largest absolute Gasteiger partial charge is 0.343 e. The second-order valence-corrected chi connectivity index (χ2v) is 9.22. The lowest BCUT2D eigenvalue weighted by atomic mass is 9.98. The van der Waals surface area contributed by atoms with E-state index in [1.165, 1.54) is 0 Å². The van der Waals surface area contributed by atoms with Crippen LogP contribution in [-0.4, -0.2) is 44.6 Å². The molecule has 0 aromatic heterocycles. The lowest BCUT2D eigenvalue weighted by Crippen LogP contribution is -2.33. The van der Waals surface area contributed by atoms with Crippen LogP contribution in [0.4, 0.5) is 5.69 Å². The molecule has 0 unspecified atom stereocenters. The molecule has 0 bridgehead atoms. The third-order valence-electron chi connectivity index (χ3n) is 5.43. The van der Waals surface area contributed by atoms with Gasteiger partial charge in [-0.2, -0.15) is 0 Å². The van der Waals surface area contributed by atoms with Crippen LogP contribution in [0, 0.1) is 5.92 Å². The maximum Gasteiger partial charge on any atom is 0.235 e. The quantitative estimate of drug-likeness (QED) is 0.793. The molecule has 1 aliphatic carbocycles. The van der Waals surface area contributed by atoms with Gasteiger partial charge in [-0.15, -0.1) is 0 Å². The smallest absolute Gasteiger partial charge is 0.235 e. The van der Waals surface area contributed by atoms with Crippen molar-refractivity contribution >= 4 is 21.6 Å². The van der Waals surface area contributed by atoms with Crippen molar-refractivity contribution in [1.29, 1.82) is 0 Å². The van der Waals surface area contributed by atoms with Crippen LogP contribution < -0.4 is 4.31 Å². The number of fused-ring (bicyclic) bond motifs is 1. The number of hydrogen-bond donors (Lipinski definition) is 0. The molecular formula is C18H24N2O3S. The van der Waals surface area contributed by atoms with Gasteiger partial charge < -0.3 is 4.90 Å². The maximum absolute atomic E-state index is 12.8. The second-order valence-electron chi connectivity index (χ2n) is 7.28. The van der Waals surface area contributed by atoms with Gasteiger partial charge >= 0.3 is 0 Å². The summed E-state index contributed by atoms with van der Waals surface area (Å²) in [4.78, 5) is 13.7. The topological polar surface area (TPSA) is 57.7 Å². The summed E-state index contributed by atoms with van der Waals surface area (Å²) in [6, 6.07) is 7.84. The van der Waals surface area contributed by atoms with Crippen LogP contribution in [0.2, 0.25) is 0 Å². The van der Waals surface area contributed by atoms with Gasteiger partial charge in [-0.25, -0.2) is 8.42 Å². The van der Waals surface area contributed by atoms with Gasteiger partial charge in [-0.1, -0.05) is 18.2 Å². The van der Waals surface area contributed by atoms with E-state index in [9.17, 15) is 13.2 Å². The van der Waals surface area contributed by atoms with Gasteiger partial charge in [0, 0.05) is 32.0 Å². The van der Waals surface area contributed by atoms with Crippen molar-refractivity contribution in [3.05, 3.63) is 29.8 Å². The van der Waals surface area contributed by atoms with E-state index in [0.717, 1.165) is 50.0 Å². The van der Waals surface area contributed by atoms with Crippen LogP contribution in [0.25, 0.3) is 0 Å². The van der Waals surface area contributed by atoms with Gasteiger partial charge in [0.05, 0.1) is 11.4 Å². The van der Waals surface area contributed by atoms with Crippen LogP contribution in [0.5, 0.6) is 0 Å². The summed E-state index contributed by atoms with van der Waals surface area (Å²) in [5.74, 6) is 1.05. The van der Waals surface area contributed by atoms with Gasteiger partial charge in [0.15, 0.2) is 0 Å². The number of benzene rings is 1. The zero-order valence-corrected chi connectivity index (χ0v) is 14.7. The first-order valence-corrected chi connectivity index (χ1v) is 10.5. The Balaban J connectivity index is 1.51. The van der Waals surface area contributed by atoms with Crippen LogP contribution in [0.15, 0.2) is 24.3 Å². The number of hydrogen-bond acceptors (Lipinski definition) is 3. The highest BCUT2D eigenvalue weighted by Gasteiger charge is 2.38. The minimum absolute atomic E-state index is 0.184. The molecular weight excluding hydrogens is 324 g/mol. The number of anilines is 1. The third kappa shape index (κ3) is 3.04. The molecule has 1 aromatic carbocycles. The summed E-state index contributed by atoms with van der Waals surface area (Å²) in [5.41, 5.74) is 1.96. The highest BCUT2D eigenvalue weighted by molar-refractivity contribution is 7.92. The van der Waals surface area contributed by atoms with E-state index >= 15 is 0 Å². The molecule has 1 atom stereocenters. The summed E-state index contributed by atoms with van der Waals surface area (Å²) in [7, 11) is -3.24.